The zero-order valence-electron chi connectivity index (χ0n) is 13.9. The van der Waals surface area contributed by atoms with Crippen molar-refractivity contribution >= 4 is 11.7 Å². The van der Waals surface area contributed by atoms with Crippen LogP contribution in [0.15, 0.2) is 42.5 Å². The molecule has 3 heteroatoms. The van der Waals surface area contributed by atoms with Crippen molar-refractivity contribution in [2.45, 2.75) is 39.2 Å². The second-order valence-corrected chi connectivity index (χ2v) is 6.30. The summed E-state index contributed by atoms with van der Waals surface area (Å²) >= 11 is 0. The minimum absolute atomic E-state index is 0.175. The fourth-order valence-corrected chi connectivity index (χ4v) is 2.99. The summed E-state index contributed by atoms with van der Waals surface area (Å²) in [5.41, 5.74) is 5.94. The van der Waals surface area contributed by atoms with Crippen molar-refractivity contribution in [1.29, 1.82) is 0 Å². The normalized spacial score (nSPS) is 16.1. The maximum atomic E-state index is 11.9. The highest BCUT2D eigenvalue weighted by atomic mass is 16.5. The molecule has 3 rings (SSSR count). The van der Waals surface area contributed by atoms with Gasteiger partial charge < -0.3 is 10.1 Å². The van der Waals surface area contributed by atoms with E-state index in [0.717, 1.165) is 5.69 Å². The summed E-state index contributed by atoms with van der Waals surface area (Å²) < 4.78 is 5.11. The highest BCUT2D eigenvalue weighted by molar-refractivity contribution is 5.84. The molecule has 0 spiro atoms. The average Bonchev–Trinajstić information content (AvgIpc) is 2.98. The summed E-state index contributed by atoms with van der Waals surface area (Å²) in [7, 11) is 0. The topological polar surface area (TPSA) is 38.3 Å². The molecule has 0 saturated carbocycles. The van der Waals surface area contributed by atoms with Gasteiger partial charge in [-0.3, -0.25) is 0 Å². The number of nitrogens with one attached hydrogen (secondary N) is 1. The second-order valence-electron chi connectivity index (χ2n) is 6.30. The van der Waals surface area contributed by atoms with Gasteiger partial charge in [0.1, 0.15) is 6.04 Å². The first-order valence-electron chi connectivity index (χ1n) is 8.25. The standard InChI is InChI=1S/C20H23NO2/c1-4-23-20(22)19-12-17-11-16(9-10-18(17)21-19)15-7-5-14(6-8-15)13(2)3/h5-11,13,19,21H,4,12H2,1-3H3. The second kappa shape index (κ2) is 6.45. The van der Waals surface area contributed by atoms with Crippen LogP contribution in [-0.4, -0.2) is 18.6 Å². The van der Waals surface area contributed by atoms with Crippen LogP contribution in [0.3, 0.4) is 0 Å². The largest absolute Gasteiger partial charge is 0.464 e. The first-order chi connectivity index (χ1) is 11.1. The number of carbonyl (C=O) groups excluding carboxylic acids is 1. The number of hydrogen-bond acceptors (Lipinski definition) is 3. The molecule has 0 aromatic heterocycles. The Bertz CT molecular complexity index is 704. The smallest absolute Gasteiger partial charge is 0.328 e. The van der Waals surface area contributed by atoms with Gasteiger partial charge in [-0.25, -0.2) is 4.79 Å². The van der Waals surface area contributed by atoms with Gasteiger partial charge in [-0.05, 0) is 47.2 Å². The van der Waals surface area contributed by atoms with Gasteiger partial charge >= 0.3 is 5.97 Å². The van der Waals surface area contributed by atoms with E-state index in [-0.39, 0.29) is 12.0 Å². The number of carbonyl (C=O) groups is 1. The summed E-state index contributed by atoms with van der Waals surface area (Å²) in [5.74, 6) is 0.366. The van der Waals surface area contributed by atoms with Crippen LogP contribution >= 0.6 is 0 Å². The molecular weight excluding hydrogens is 286 g/mol. The minimum Gasteiger partial charge on any atom is -0.464 e. The lowest BCUT2D eigenvalue weighted by Crippen LogP contribution is -2.28. The van der Waals surface area contributed by atoms with E-state index < -0.39 is 0 Å². The fourth-order valence-electron chi connectivity index (χ4n) is 2.99. The molecule has 0 fully saturated rings. The molecule has 120 valence electrons. The van der Waals surface area contributed by atoms with Gasteiger partial charge in [0, 0.05) is 12.1 Å². The van der Waals surface area contributed by atoms with Crippen molar-refractivity contribution in [3.05, 3.63) is 53.6 Å². The highest BCUT2D eigenvalue weighted by Gasteiger charge is 2.27. The molecule has 2 aromatic carbocycles. The molecule has 0 bridgehead atoms. The lowest BCUT2D eigenvalue weighted by atomic mass is 9.97. The van der Waals surface area contributed by atoms with Crippen LogP contribution in [0.2, 0.25) is 0 Å². The van der Waals surface area contributed by atoms with Crippen LogP contribution in [0, 0.1) is 0 Å². The SMILES string of the molecule is CCOC(=O)C1Cc2cc(-c3ccc(C(C)C)cc3)ccc2N1. The van der Waals surface area contributed by atoms with Crippen LogP contribution < -0.4 is 5.32 Å². The van der Waals surface area contributed by atoms with Gasteiger partial charge in [0.05, 0.1) is 6.61 Å². The third-order valence-electron chi connectivity index (χ3n) is 4.34. The number of fused-ring (bicyclic) bond motifs is 1. The fraction of sp³-hybridized carbons (Fsp3) is 0.350. The number of hydrogen-bond donors (Lipinski definition) is 1. The van der Waals surface area contributed by atoms with Crippen molar-refractivity contribution < 1.29 is 9.53 Å². The Hall–Kier alpha value is -2.29. The first-order valence-corrected chi connectivity index (χ1v) is 8.25. The summed E-state index contributed by atoms with van der Waals surface area (Å²) in [4.78, 5) is 11.9. The van der Waals surface area contributed by atoms with E-state index >= 15 is 0 Å². The van der Waals surface area contributed by atoms with Gasteiger partial charge in [0.2, 0.25) is 0 Å². The predicted molar refractivity (Wildman–Crippen MR) is 93.7 cm³/mol. The van der Waals surface area contributed by atoms with E-state index in [4.69, 9.17) is 4.74 Å². The van der Waals surface area contributed by atoms with Crippen LogP contribution in [0.5, 0.6) is 0 Å². The monoisotopic (exact) mass is 309 g/mol. The number of rotatable bonds is 4. The average molecular weight is 309 g/mol. The molecule has 1 heterocycles. The molecular formula is C20H23NO2. The maximum absolute atomic E-state index is 11.9. The van der Waals surface area contributed by atoms with Crippen molar-refractivity contribution in [2.75, 3.05) is 11.9 Å². The minimum atomic E-state index is -0.261. The Kier molecular flexibility index (Phi) is 4.37. The van der Waals surface area contributed by atoms with E-state index in [9.17, 15) is 4.79 Å². The highest BCUT2D eigenvalue weighted by Crippen LogP contribution is 2.31. The third-order valence-corrected chi connectivity index (χ3v) is 4.34. The molecule has 3 nitrogen and oxygen atoms in total. The quantitative estimate of drug-likeness (QED) is 0.852. The number of anilines is 1. The van der Waals surface area contributed by atoms with Crippen LogP contribution in [0.1, 0.15) is 37.8 Å². The zero-order chi connectivity index (χ0) is 16.4. The molecule has 0 aliphatic carbocycles. The maximum Gasteiger partial charge on any atom is 0.328 e. The lowest BCUT2D eigenvalue weighted by Gasteiger charge is -2.09. The van der Waals surface area contributed by atoms with Gasteiger partial charge in [-0.2, -0.15) is 0 Å². The number of ether oxygens (including phenoxy) is 1. The van der Waals surface area contributed by atoms with E-state index in [2.05, 4.69) is 61.6 Å². The molecule has 0 amide bonds. The Labute approximate surface area is 137 Å². The van der Waals surface area contributed by atoms with Gasteiger partial charge in [0.15, 0.2) is 0 Å². The number of esters is 1. The zero-order valence-corrected chi connectivity index (χ0v) is 13.9. The van der Waals surface area contributed by atoms with Crippen LogP contribution in [-0.2, 0) is 16.0 Å². The van der Waals surface area contributed by atoms with E-state index in [1.807, 2.05) is 6.92 Å². The molecule has 0 radical (unpaired) electrons. The Morgan fingerprint density at radius 3 is 2.52 bits per heavy atom. The first kappa shape index (κ1) is 15.6. The van der Waals surface area contributed by atoms with Crippen LogP contribution in [0.25, 0.3) is 11.1 Å². The molecule has 1 N–H and O–H groups in total. The molecule has 2 aromatic rings. The number of benzene rings is 2. The van der Waals surface area contributed by atoms with Crippen molar-refractivity contribution in [3.8, 4) is 11.1 Å². The van der Waals surface area contributed by atoms with Crippen molar-refractivity contribution in [2.24, 2.45) is 0 Å². The lowest BCUT2D eigenvalue weighted by molar-refractivity contribution is -0.143. The Morgan fingerprint density at radius 2 is 1.87 bits per heavy atom. The molecule has 1 atom stereocenters. The third kappa shape index (κ3) is 3.24. The Balaban J connectivity index is 1.80. The van der Waals surface area contributed by atoms with Crippen molar-refractivity contribution in [1.82, 2.24) is 0 Å². The molecule has 0 saturated heterocycles. The van der Waals surface area contributed by atoms with E-state index in [1.54, 1.807) is 0 Å². The Morgan fingerprint density at radius 1 is 1.17 bits per heavy atom. The van der Waals surface area contributed by atoms with E-state index in [1.165, 1.54) is 22.3 Å². The molecule has 1 unspecified atom stereocenters. The van der Waals surface area contributed by atoms with E-state index in [0.29, 0.717) is 18.9 Å². The summed E-state index contributed by atoms with van der Waals surface area (Å²) in [5, 5.41) is 3.25. The predicted octanol–water partition coefficient (Wildman–Crippen LogP) is 4.38. The van der Waals surface area contributed by atoms with Crippen molar-refractivity contribution in [3.63, 3.8) is 0 Å². The van der Waals surface area contributed by atoms with Crippen LogP contribution in [0.4, 0.5) is 5.69 Å². The molecule has 23 heavy (non-hydrogen) atoms. The summed E-state index contributed by atoms with van der Waals surface area (Å²) in [6.45, 7) is 6.65. The summed E-state index contributed by atoms with van der Waals surface area (Å²) in [6, 6.07) is 14.8. The molecule has 1 aliphatic rings. The molecule has 1 aliphatic heterocycles. The summed E-state index contributed by atoms with van der Waals surface area (Å²) in [6.07, 6.45) is 0.687. The van der Waals surface area contributed by atoms with Gasteiger partial charge in [-0.1, -0.05) is 44.2 Å². The van der Waals surface area contributed by atoms with Gasteiger partial charge in [-0.15, -0.1) is 0 Å². The van der Waals surface area contributed by atoms with Gasteiger partial charge in [0.25, 0.3) is 0 Å².